The molecule has 0 radical (unpaired) electrons. The van der Waals surface area contributed by atoms with Crippen LogP contribution in [-0.4, -0.2) is 17.2 Å². The Balaban J connectivity index is 2.05. The minimum atomic E-state index is -0.514. The Morgan fingerprint density at radius 2 is 1.95 bits per heavy atom. The second kappa shape index (κ2) is 4.58. The Labute approximate surface area is 118 Å². The number of hydrogen-bond donors (Lipinski definition) is 0. The average Bonchev–Trinajstić information content (AvgIpc) is 2.45. The maximum absolute atomic E-state index is 12.6. The first-order valence-electron chi connectivity index (χ1n) is 7.12. The maximum Gasteiger partial charge on any atom is 0.196 e. The van der Waals surface area contributed by atoms with Crippen molar-refractivity contribution in [2.75, 3.05) is 0 Å². The fraction of sp³-hybridized carbons (Fsp3) is 0.412. The third-order valence-corrected chi connectivity index (χ3v) is 4.42. The Morgan fingerprint density at radius 1 is 1.25 bits per heavy atom. The van der Waals surface area contributed by atoms with E-state index in [1.165, 1.54) is 13.3 Å². The number of ketones is 2. The van der Waals surface area contributed by atoms with E-state index in [-0.39, 0.29) is 11.6 Å². The van der Waals surface area contributed by atoms with E-state index in [2.05, 4.69) is 6.58 Å². The molecule has 3 nitrogen and oxygen atoms in total. The van der Waals surface area contributed by atoms with Crippen molar-refractivity contribution in [3.05, 3.63) is 41.5 Å². The number of ether oxygens (including phenoxy) is 1. The highest BCUT2D eigenvalue weighted by atomic mass is 16.5. The lowest BCUT2D eigenvalue weighted by Crippen LogP contribution is -2.45. The first-order valence-corrected chi connectivity index (χ1v) is 7.12. The molecule has 0 bridgehead atoms. The standard InChI is InChI=1S/C17H18O3/c1-11-16(19)14-10-13(12(2)18)6-7-15(14)20-17(11)8-4-3-5-9-17/h6-7,10H,1,3-5,8-9H2,2H3. The van der Waals surface area contributed by atoms with Crippen LogP contribution in [0.1, 0.15) is 59.7 Å². The molecule has 20 heavy (non-hydrogen) atoms. The third-order valence-electron chi connectivity index (χ3n) is 4.42. The molecule has 1 aliphatic carbocycles. The smallest absolute Gasteiger partial charge is 0.196 e. The Kier molecular flexibility index (Phi) is 3.00. The van der Waals surface area contributed by atoms with Gasteiger partial charge >= 0.3 is 0 Å². The first kappa shape index (κ1) is 13.1. The van der Waals surface area contributed by atoms with E-state index in [1.807, 2.05) is 0 Å². The zero-order valence-corrected chi connectivity index (χ0v) is 11.7. The van der Waals surface area contributed by atoms with Gasteiger partial charge in [-0.2, -0.15) is 0 Å². The molecule has 0 unspecified atom stereocenters. The molecule has 3 heteroatoms. The zero-order chi connectivity index (χ0) is 14.3. The van der Waals surface area contributed by atoms with E-state index < -0.39 is 5.60 Å². The summed E-state index contributed by atoms with van der Waals surface area (Å²) < 4.78 is 6.15. The molecule has 1 aromatic carbocycles. The lowest BCUT2D eigenvalue weighted by molar-refractivity contribution is 0.0493. The fourth-order valence-electron chi connectivity index (χ4n) is 3.18. The molecule has 104 valence electrons. The van der Waals surface area contributed by atoms with E-state index in [1.54, 1.807) is 18.2 Å². The maximum atomic E-state index is 12.6. The molecule has 0 amide bonds. The van der Waals surface area contributed by atoms with Crippen LogP contribution in [0.3, 0.4) is 0 Å². The molecule has 0 N–H and O–H groups in total. The molecule has 1 spiro atoms. The van der Waals surface area contributed by atoms with Crippen LogP contribution in [0.2, 0.25) is 0 Å². The van der Waals surface area contributed by atoms with Crippen LogP contribution in [0.15, 0.2) is 30.4 Å². The van der Waals surface area contributed by atoms with Crippen molar-refractivity contribution in [1.29, 1.82) is 0 Å². The highest BCUT2D eigenvalue weighted by Gasteiger charge is 2.44. The van der Waals surface area contributed by atoms with Crippen LogP contribution < -0.4 is 4.74 Å². The summed E-state index contributed by atoms with van der Waals surface area (Å²) in [5.74, 6) is 0.467. The van der Waals surface area contributed by atoms with Crippen molar-refractivity contribution in [3.8, 4) is 5.75 Å². The second-order valence-corrected chi connectivity index (χ2v) is 5.73. The Morgan fingerprint density at radius 3 is 2.60 bits per heavy atom. The van der Waals surface area contributed by atoms with E-state index in [0.717, 1.165) is 25.7 Å². The van der Waals surface area contributed by atoms with Gasteiger partial charge in [-0.25, -0.2) is 0 Å². The summed E-state index contributed by atoms with van der Waals surface area (Å²) in [4.78, 5) is 24.0. The van der Waals surface area contributed by atoms with Crippen molar-refractivity contribution in [1.82, 2.24) is 0 Å². The SMILES string of the molecule is C=C1C(=O)c2cc(C(C)=O)ccc2OC12CCCCC2. The van der Waals surface area contributed by atoms with Gasteiger partial charge in [-0.05, 0) is 50.8 Å². The van der Waals surface area contributed by atoms with Crippen molar-refractivity contribution >= 4 is 11.6 Å². The van der Waals surface area contributed by atoms with E-state index in [0.29, 0.717) is 22.4 Å². The van der Waals surface area contributed by atoms with Gasteiger partial charge in [0.2, 0.25) is 0 Å². The van der Waals surface area contributed by atoms with Gasteiger partial charge in [-0.3, -0.25) is 9.59 Å². The van der Waals surface area contributed by atoms with Crippen molar-refractivity contribution in [2.45, 2.75) is 44.6 Å². The van der Waals surface area contributed by atoms with Crippen molar-refractivity contribution in [2.24, 2.45) is 0 Å². The number of Topliss-reactive ketones (excluding diaryl/α,β-unsaturated/α-hetero) is 2. The van der Waals surface area contributed by atoms with E-state index in [9.17, 15) is 9.59 Å². The minimum Gasteiger partial charge on any atom is -0.482 e. The van der Waals surface area contributed by atoms with Crippen LogP contribution in [-0.2, 0) is 0 Å². The molecule has 1 saturated carbocycles. The van der Waals surface area contributed by atoms with Gasteiger partial charge in [0, 0.05) is 11.1 Å². The van der Waals surface area contributed by atoms with Gasteiger partial charge in [0.25, 0.3) is 0 Å². The number of benzene rings is 1. The van der Waals surface area contributed by atoms with Crippen molar-refractivity contribution < 1.29 is 14.3 Å². The summed E-state index contributed by atoms with van der Waals surface area (Å²) in [6.07, 6.45) is 5.01. The van der Waals surface area contributed by atoms with Crippen LogP contribution in [0, 0.1) is 0 Å². The monoisotopic (exact) mass is 270 g/mol. The molecule has 1 aromatic rings. The summed E-state index contributed by atoms with van der Waals surface area (Å²) in [5.41, 5.74) is 1.04. The lowest BCUT2D eigenvalue weighted by Gasteiger charge is -2.42. The van der Waals surface area contributed by atoms with Crippen LogP contribution in [0.5, 0.6) is 5.75 Å². The number of carbonyl (C=O) groups excluding carboxylic acids is 2. The van der Waals surface area contributed by atoms with Crippen LogP contribution >= 0.6 is 0 Å². The zero-order valence-electron chi connectivity index (χ0n) is 11.7. The molecule has 1 fully saturated rings. The fourth-order valence-corrected chi connectivity index (χ4v) is 3.18. The summed E-state index contributed by atoms with van der Waals surface area (Å²) in [6.45, 7) is 5.48. The topological polar surface area (TPSA) is 43.4 Å². The van der Waals surface area contributed by atoms with Gasteiger partial charge in [-0.1, -0.05) is 13.0 Å². The predicted octanol–water partition coefficient (Wildman–Crippen LogP) is 3.72. The highest BCUT2D eigenvalue weighted by Crippen LogP contribution is 2.44. The largest absolute Gasteiger partial charge is 0.482 e. The van der Waals surface area contributed by atoms with Gasteiger partial charge in [-0.15, -0.1) is 0 Å². The first-order chi connectivity index (χ1) is 9.53. The van der Waals surface area contributed by atoms with E-state index >= 15 is 0 Å². The summed E-state index contributed by atoms with van der Waals surface area (Å²) >= 11 is 0. The molecule has 3 rings (SSSR count). The molecular formula is C17H18O3. The lowest BCUT2D eigenvalue weighted by atomic mass is 9.75. The Hall–Kier alpha value is -1.90. The molecule has 1 heterocycles. The van der Waals surface area contributed by atoms with Crippen molar-refractivity contribution in [3.63, 3.8) is 0 Å². The minimum absolute atomic E-state index is 0.0517. The van der Waals surface area contributed by atoms with Gasteiger partial charge < -0.3 is 4.74 Å². The number of carbonyl (C=O) groups is 2. The molecule has 2 aliphatic rings. The highest BCUT2D eigenvalue weighted by molar-refractivity contribution is 6.13. The molecular weight excluding hydrogens is 252 g/mol. The second-order valence-electron chi connectivity index (χ2n) is 5.73. The summed E-state index contributed by atoms with van der Waals surface area (Å²) in [6, 6.07) is 5.09. The molecule has 0 aromatic heterocycles. The average molecular weight is 270 g/mol. The van der Waals surface area contributed by atoms with Crippen LogP contribution in [0.25, 0.3) is 0 Å². The van der Waals surface area contributed by atoms with E-state index in [4.69, 9.17) is 4.74 Å². The Bertz CT molecular complexity index is 607. The summed E-state index contributed by atoms with van der Waals surface area (Å²) in [7, 11) is 0. The normalized spacial score (nSPS) is 20.4. The van der Waals surface area contributed by atoms with Gasteiger partial charge in [0.1, 0.15) is 11.4 Å². The van der Waals surface area contributed by atoms with Gasteiger partial charge in [0.05, 0.1) is 5.56 Å². The quantitative estimate of drug-likeness (QED) is 0.577. The number of rotatable bonds is 1. The third kappa shape index (κ3) is 1.89. The molecule has 0 saturated heterocycles. The molecule has 1 aliphatic heterocycles. The number of hydrogen-bond acceptors (Lipinski definition) is 3. The molecule has 0 atom stereocenters. The summed E-state index contributed by atoms with van der Waals surface area (Å²) in [5, 5.41) is 0. The number of fused-ring (bicyclic) bond motifs is 1. The van der Waals surface area contributed by atoms with Crippen LogP contribution in [0.4, 0.5) is 0 Å². The predicted molar refractivity (Wildman–Crippen MR) is 76.4 cm³/mol. The van der Waals surface area contributed by atoms with Gasteiger partial charge in [0.15, 0.2) is 11.6 Å².